The highest BCUT2D eigenvalue weighted by Crippen LogP contribution is 2.23. The summed E-state index contributed by atoms with van der Waals surface area (Å²) in [6, 6.07) is 6.21. The van der Waals surface area contributed by atoms with Gasteiger partial charge >= 0.3 is 0 Å². The molecule has 0 aromatic heterocycles. The van der Waals surface area contributed by atoms with Gasteiger partial charge in [-0.25, -0.2) is 8.42 Å². The molecule has 0 unspecified atom stereocenters. The van der Waals surface area contributed by atoms with Gasteiger partial charge in [0.25, 0.3) is 5.91 Å². The average Bonchev–Trinajstić information content (AvgIpc) is 3.02. The van der Waals surface area contributed by atoms with Crippen LogP contribution in [0.2, 0.25) is 0 Å². The Hall–Kier alpha value is -2.13. The molecule has 2 aliphatic rings. The molecule has 8 nitrogen and oxygen atoms in total. The van der Waals surface area contributed by atoms with Gasteiger partial charge in [-0.05, 0) is 49.9 Å². The molecule has 3 rings (SSSR count). The van der Waals surface area contributed by atoms with Crippen LogP contribution in [0.4, 0.5) is 0 Å². The summed E-state index contributed by atoms with van der Waals surface area (Å²) in [5.74, 6) is -0.198. The van der Waals surface area contributed by atoms with E-state index in [1.165, 1.54) is 12.1 Å². The second kappa shape index (κ2) is 9.58. The third kappa shape index (κ3) is 5.48. The first-order valence-corrected chi connectivity index (χ1v) is 11.6. The van der Waals surface area contributed by atoms with Gasteiger partial charge in [-0.3, -0.25) is 9.59 Å². The summed E-state index contributed by atoms with van der Waals surface area (Å²) in [5, 5.41) is 0. The molecule has 9 heteroatoms. The highest BCUT2D eigenvalue weighted by molar-refractivity contribution is 7.89. The molecule has 1 aromatic carbocycles. The summed E-state index contributed by atoms with van der Waals surface area (Å²) in [6.07, 6.45) is 5.05. The van der Waals surface area contributed by atoms with Crippen molar-refractivity contribution in [1.29, 1.82) is 0 Å². The Morgan fingerprint density at radius 2 is 1.55 bits per heavy atom. The van der Waals surface area contributed by atoms with E-state index in [2.05, 4.69) is 0 Å². The van der Waals surface area contributed by atoms with Crippen molar-refractivity contribution in [2.45, 2.75) is 43.4 Å². The second-order valence-corrected chi connectivity index (χ2v) is 9.57. The van der Waals surface area contributed by atoms with E-state index in [0.29, 0.717) is 44.8 Å². The maximum atomic E-state index is 12.8. The van der Waals surface area contributed by atoms with E-state index < -0.39 is 10.0 Å². The molecule has 160 valence electrons. The second-order valence-electron chi connectivity index (χ2n) is 7.64. The summed E-state index contributed by atoms with van der Waals surface area (Å²) >= 11 is 0. The van der Waals surface area contributed by atoms with Gasteiger partial charge in [0.1, 0.15) is 5.75 Å². The first kappa shape index (κ1) is 21.6. The number of sulfonamides is 1. The molecule has 2 heterocycles. The van der Waals surface area contributed by atoms with Crippen LogP contribution in [0.3, 0.4) is 0 Å². The zero-order valence-corrected chi connectivity index (χ0v) is 17.4. The number of likely N-dealkylation sites (tertiary alicyclic amines) is 1. The van der Waals surface area contributed by atoms with Crippen LogP contribution < -0.4 is 10.5 Å². The third-order valence-electron chi connectivity index (χ3n) is 5.64. The van der Waals surface area contributed by atoms with Crippen LogP contribution in [0.15, 0.2) is 29.2 Å². The maximum Gasteiger partial charge on any atom is 0.260 e. The Morgan fingerprint density at radius 1 is 0.966 bits per heavy atom. The normalized spacial score (nSPS) is 19.5. The molecule has 0 radical (unpaired) electrons. The van der Waals surface area contributed by atoms with Gasteiger partial charge < -0.3 is 15.4 Å². The number of hydrogen-bond acceptors (Lipinski definition) is 5. The largest absolute Gasteiger partial charge is 0.484 e. The van der Waals surface area contributed by atoms with E-state index in [9.17, 15) is 18.0 Å². The minimum Gasteiger partial charge on any atom is -0.484 e. The number of rotatable bonds is 6. The fourth-order valence-corrected chi connectivity index (χ4v) is 5.31. The Morgan fingerprint density at radius 3 is 2.10 bits per heavy atom. The van der Waals surface area contributed by atoms with Crippen LogP contribution in [0.25, 0.3) is 0 Å². The van der Waals surface area contributed by atoms with E-state index in [1.54, 1.807) is 21.3 Å². The van der Waals surface area contributed by atoms with E-state index in [0.717, 1.165) is 25.7 Å². The number of carbonyl (C=O) groups is 2. The molecule has 2 amide bonds. The van der Waals surface area contributed by atoms with Crippen molar-refractivity contribution in [3.05, 3.63) is 24.3 Å². The van der Waals surface area contributed by atoms with Crippen molar-refractivity contribution >= 4 is 21.8 Å². The van der Waals surface area contributed by atoms with E-state index >= 15 is 0 Å². The molecule has 2 saturated heterocycles. The number of nitrogens with two attached hydrogens (primary N) is 1. The summed E-state index contributed by atoms with van der Waals surface area (Å²) < 4.78 is 32.7. The molecule has 0 spiro atoms. The Labute approximate surface area is 172 Å². The predicted molar refractivity (Wildman–Crippen MR) is 108 cm³/mol. The molecular weight excluding hydrogens is 394 g/mol. The molecular formula is C20H29N3O5S. The van der Waals surface area contributed by atoms with Crippen molar-refractivity contribution in [3.63, 3.8) is 0 Å². The summed E-state index contributed by atoms with van der Waals surface area (Å²) in [4.78, 5) is 25.4. The van der Waals surface area contributed by atoms with Crippen LogP contribution in [-0.4, -0.2) is 62.2 Å². The number of nitrogens with zero attached hydrogens (tertiary/aromatic N) is 2. The van der Waals surface area contributed by atoms with Gasteiger partial charge in [0.15, 0.2) is 6.61 Å². The van der Waals surface area contributed by atoms with Crippen LogP contribution in [-0.2, 0) is 19.6 Å². The van der Waals surface area contributed by atoms with Crippen LogP contribution >= 0.6 is 0 Å². The standard InChI is InChI=1S/C20H29N3O5S/c21-20(25)16-9-13-22(14-10-16)19(24)15-28-17-5-7-18(8-6-17)29(26,27)23-11-3-1-2-4-12-23/h5-8,16H,1-4,9-15H2,(H2,21,25). The highest BCUT2D eigenvalue weighted by Gasteiger charge is 2.27. The molecule has 0 atom stereocenters. The number of piperidine rings is 1. The predicted octanol–water partition coefficient (Wildman–Crippen LogP) is 1.35. The first-order chi connectivity index (χ1) is 13.9. The zero-order valence-electron chi connectivity index (χ0n) is 16.6. The smallest absolute Gasteiger partial charge is 0.260 e. The molecule has 2 aliphatic heterocycles. The lowest BCUT2D eigenvalue weighted by Gasteiger charge is -2.30. The van der Waals surface area contributed by atoms with Gasteiger partial charge in [0.2, 0.25) is 15.9 Å². The first-order valence-electron chi connectivity index (χ1n) is 10.2. The van der Waals surface area contributed by atoms with Crippen LogP contribution in [0, 0.1) is 5.92 Å². The van der Waals surface area contributed by atoms with E-state index in [-0.39, 0.29) is 29.2 Å². The fourth-order valence-electron chi connectivity index (χ4n) is 3.79. The average molecular weight is 424 g/mol. The Bertz CT molecular complexity index is 809. The molecule has 0 aliphatic carbocycles. The van der Waals surface area contributed by atoms with Gasteiger partial charge in [-0.1, -0.05) is 12.8 Å². The molecule has 0 bridgehead atoms. The molecule has 1 aromatic rings. The number of carbonyl (C=O) groups excluding carboxylic acids is 2. The molecule has 2 fully saturated rings. The van der Waals surface area contributed by atoms with Gasteiger partial charge in [0, 0.05) is 32.1 Å². The number of hydrogen-bond donors (Lipinski definition) is 1. The quantitative estimate of drug-likeness (QED) is 0.743. The van der Waals surface area contributed by atoms with Gasteiger partial charge in [-0.15, -0.1) is 0 Å². The number of ether oxygens (including phenoxy) is 1. The summed E-state index contributed by atoms with van der Waals surface area (Å²) in [5.41, 5.74) is 5.31. The fraction of sp³-hybridized carbons (Fsp3) is 0.600. The van der Waals surface area contributed by atoms with E-state index in [4.69, 9.17) is 10.5 Å². The lowest BCUT2D eigenvalue weighted by atomic mass is 9.96. The lowest BCUT2D eigenvalue weighted by molar-refractivity contribution is -0.136. The third-order valence-corrected chi connectivity index (χ3v) is 7.55. The Kier molecular flexibility index (Phi) is 7.13. The van der Waals surface area contributed by atoms with Crippen molar-refractivity contribution in [2.75, 3.05) is 32.8 Å². The summed E-state index contributed by atoms with van der Waals surface area (Å²) in [7, 11) is -3.50. The minimum atomic E-state index is -3.50. The summed E-state index contributed by atoms with van der Waals surface area (Å²) in [6.45, 7) is 1.97. The zero-order chi connectivity index (χ0) is 20.9. The highest BCUT2D eigenvalue weighted by atomic mass is 32.2. The van der Waals surface area contributed by atoms with Gasteiger partial charge in [-0.2, -0.15) is 4.31 Å². The number of primary amides is 1. The maximum absolute atomic E-state index is 12.8. The Balaban J connectivity index is 1.53. The number of benzene rings is 1. The monoisotopic (exact) mass is 423 g/mol. The van der Waals surface area contributed by atoms with Crippen molar-refractivity contribution in [2.24, 2.45) is 11.7 Å². The van der Waals surface area contributed by atoms with Crippen molar-refractivity contribution in [3.8, 4) is 5.75 Å². The molecule has 29 heavy (non-hydrogen) atoms. The van der Waals surface area contributed by atoms with E-state index in [1.807, 2.05) is 0 Å². The van der Waals surface area contributed by atoms with Crippen molar-refractivity contribution < 1.29 is 22.7 Å². The van der Waals surface area contributed by atoms with Crippen LogP contribution in [0.1, 0.15) is 38.5 Å². The number of amides is 2. The minimum absolute atomic E-state index is 0.126. The molecule has 0 saturated carbocycles. The van der Waals surface area contributed by atoms with Crippen molar-refractivity contribution in [1.82, 2.24) is 9.21 Å². The van der Waals surface area contributed by atoms with Gasteiger partial charge in [0.05, 0.1) is 4.90 Å². The topological polar surface area (TPSA) is 110 Å². The van der Waals surface area contributed by atoms with Crippen LogP contribution in [0.5, 0.6) is 5.75 Å². The molecule has 2 N–H and O–H groups in total. The lowest BCUT2D eigenvalue weighted by Crippen LogP contribution is -2.43. The SMILES string of the molecule is NC(=O)C1CCN(C(=O)COc2ccc(S(=O)(=O)N3CCCCCC3)cc2)CC1.